The smallest absolute Gasteiger partial charge is 0.419 e. The molecule has 0 aliphatic rings. The Bertz CT molecular complexity index is 754. The first kappa shape index (κ1) is 18.3. The Morgan fingerprint density at radius 2 is 2.04 bits per heavy atom. The van der Waals surface area contributed by atoms with Crippen LogP contribution in [0, 0.1) is 5.92 Å². The number of carbonyl (C=O) groups excluding carboxylic acids is 1. The average molecular weight is 358 g/mol. The minimum absolute atomic E-state index is 0.0254. The van der Waals surface area contributed by atoms with E-state index in [1.165, 1.54) is 17.4 Å². The number of halogens is 3. The quantitative estimate of drug-likeness (QED) is 0.854. The molecule has 0 aliphatic carbocycles. The summed E-state index contributed by atoms with van der Waals surface area (Å²) in [7, 11) is 0. The van der Waals surface area contributed by atoms with Crippen LogP contribution in [0.15, 0.2) is 18.2 Å². The lowest BCUT2D eigenvalue weighted by Gasteiger charge is -2.10. The Morgan fingerprint density at radius 1 is 1.38 bits per heavy atom. The minimum atomic E-state index is -4.62. The Hall–Kier alpha value is -2.09. The number of hydrogen-bond donors (Lipinski definition) is 2. The van der Waals surface area contributed by atoms with Crippen LogP contribution < -0.4 is 5.73 Å². The van der Waals surface area contributed by atoms with Gasteiger partial charge in [-0.25, -0.2) is 4.98 Å². The second-order valence-electron chi connectivity index (χ2n) is 5.85. The van der Waals surface area contributed by atoms with E-state index in [1.807, 2.05) is 13.8 Å². The Balaban J connectivity index is 2.48. The molecule has 2 rings (SSSR count). The van der Waals surface area contributed by atoms with Crippen LogP contribution in [0.25, 0.3) is 11.3 Å². The van der Waals surface area contributed by atoms with E-state index in [4.69, 9.17) is 5.73 Å². The van der Waals surface area contributed by atoms with Crippen molar-refractivity contribution < 1.29 is 23.1 Å². The van der Waals surface area contributed by atoms with Crippen molar-refractivity contribution in [2.24, 2.45) is 11.7 Å². The molecule has 2 aromatic rings. The third kappa shape index (κ3) is 4.25. The normalized spacial score (nSPS) is 11.9. The number of nitrogens with zero attached hydrogens (tertiary/aromatic N) is 1. The summed E-state index contributed by atoms with van der Waals surface area (Å²) in [5, 5.41) is 10.2. The highest BCUT2D eigenvalue weighted by molar-refractivity contribution is 7.12. The third-order valence-corrected chi connectivity index (χ3v) is 4.31. The number of nitrogens with two attached hydrogens (primary N) is 1. The molecule has 130 valence electrons. The number of rotatable bonds is 5. The van der Waals surface area contributed by atoms with E-state index in [1.54, 1.807) is 0 Å². The van der Waals surface area contributed by atoms with E-state index < -0.39 is 23.4 Å². The van der Waals surface area contributed by atoms with E-state index in [-0.39, 0.29) is 6.42 Å². The van der Waals surface area contributed by atoms with Gasteiger partial charge in [0.1, 0.15) is 10.8 Å². The van der Waals surface area contributed by atoms with Crippen LogP contribution in [-0.4, -0.2) is 16.0 Å². The van der Waals surface area contributed by atoms with Gasteiger partial charge in [-0.15, -0.1) is 11.3 Å². The molecule has 0 atom stereocenters. The molecule has 8 heteroatoms. The summed E-state index contributed by atoms with van der Waals surface area (Å²) >= 11 is 1.31. The fourth-order valence-electron chi connectivity index (χ4n) is 2.28. The van der Waals surface area contributed by atoms with Crippen LogP contribution in [0.3, 0.4) is 0 Å². The number of benzene rings is 1. The predicted molar refractivity (Wildman–Crippen MR) is 85.7 cm³/mol. The number of primary amides is 1. The van der Waals surface area contributed by atoms with Crippen molar-refractivity contribution in [3.8, 4) is 17.0 Å². The van der Waals surface area contributed by atoms with Crippen molar-refractivity contribution in [3.63, 3.8) is 0 Å². The molecule has 1 aromatic heterocycles. The lowest BCUT2D eigenvalue weighted by atomic mass is 10.0. The fraction of sp³-hybridized carbons (Fsp3) is 0.375. The summed E-state index contributed by atoms with van der Waals surface area (Å²) in [6.07, 6.45) is -3.99. The summed E-state index contributed by atoms with van der Waals surface area (Å²) in [4.78, 5) is 16.3. The molecule has 0 unspecified atom stereocenters. The van der Waals surface area contributed by atoms with Gasteiger partial charge < -0.3 is 10.8 Å². The van der Waals surface area contributed by atoms with E-state index >= 15 is 0 Å². The second-order valence-corrected chi connectivity index (χ2v) is 7.02. The largest absolute Gasteiger partial charge is 0.507 e. The molecule has 3 N–H and O–H groups in total. The Kier molecular flexibility index (Phi) is 5.17. The number of phenols is 1. The first-order valence-electron chi connectivity index (χ1n) is 7.25. The first-order chi connectivity index (χ1) is 11.1. The zero-order valence-corrected chi connectivity index (χ0v) is 14.0. The van der Waals surface area contributed by atoms with E-state index in [0.29, 0.717) is 28.6 Å². The summed E-state index contributed by atoms with van der Waals surface area (Å²) in [5.74, 6) is -1.07. The van der Waals surface area contributed by atoms with Gasteiger partial charge in [-0.05, 0) is 24.5 Å². The van der Waals surface area contributed by atoms with E-state index in [9.17, 15) is 23.1 Å². The maximum Gasteiger partial charge on any atom is 0.419 e. The fourth-order valence-corrected chi connectivity index (χ4v) is 3.59. The average Bonchev–Trinajstić information content (AvgIpc) is 2.77. The van der Waals surface area contributed by atoms with Crippen LogP contribution >= 0.6 is 11.3 Å². The molecule has 1 aromatic carbocycles. The van der Waals surface area contributed by atoms with Gasteiger partial charge in [-0.2, -0.15) is 13.2 Å². The molecule has 1 heterocycles. The third-order valence-electron chi connectivity index (χ3n) is 3.24. The second kappa shape index (κ2) is 6.80. The number of aromatic hydroxyl groups is 1. The summed E-state index contributed by atoms with van der Waals surface area (Å²) in [6.45, 7) is 4.00. The standard InChI is InChI=1S/C16H17F3N2O2S/c1-8(2)5-12-15(21-14(24-12)7-13(20)23)9-3-4-10(11(22)6-9)16(17,18)19/h3-4,6,8,22H,5,7H2,1-2H3,(H2,20,23). The summed E-state index contributed by atoms with van der Waals surface area (Å²) < 4.78 is 38.3. The molecule has 0 fully saturated rings. The molecule has 0 saturated carbocycles. The molecule has 0 saturated heterocycles. The highest BCUT2D eigenvalue weighted by Gasteiger charge is 2.34. The van der Waals surface area contributed by atoms with Crippen molar-refractivity contribution in [2.45, 2.75) is 32.9 Å². The molecule has 0 aliphatic heterocycles. The Labute approximate surface area is 141 Å². The van der Waals surface area contributed by atoms with Gasteiger partial charge in [0.15, 0.2) is 0 Å². The highest BCUT2D eigenvalue weighted by Crippen LogP contribution is 2.39. The van der Waals surface area contributed by atoms with Gasteiger partial charge in [0.25, 0.3) is 0 Å². The lowest BCUT2D eigenvalue weighted by Crippen LogP contribution is -2.13. The summed E-state index contributed by atoms with van der Waals surface area (Å²) in [6, 6.07) is 3.15. The van der Waals surface area contributed by atoms with Gasteiger partial charge in [-0.3, -0.25) is 4.79 Å². The monoisotopic (exact) mass is 358 g/mol. The van der Waals surface area contributed by atoms with Gasteiger partial charge in [0, 0.05) is 10.4 Å². The number of amides is 1. The van der Waals surface area contributed by atoms with E-state index in [0.717, 1.165) is 17.0 Å². The number of phenolic OH excluding ortho intramolecular Hbond substituents is 1. The van der Waals surface area contributed by atoms with Crippen LogP contribution in [-0.2, 0) is 23.8 Å². The lowest BCUT2D eigenvalue weighted by molar-refractivity contribution is -0.138. The minimum Gasteiger partial charge on any atom is -0.507 e. The molecule has 24 heavy (non-hydrogen) atoms. The van der Waals surface area contributed by atoms with Gasteiger partial charge in [-0.1, -0.05) is 19.9 Å². The number of carbonyl (C=O) groups is 1. The molecule has 0 spiro atoms. The molecule has 1 amide bonds. The van der Waals surface area contributed by atoms with E-state index in [2.05, 4.69) is 4.98 Å². The summed E-state index contributed by atoms with van der Waals surface area (Å²) in [5.41, 5.74) is 4.94. The molecule has 4 nitrogen and oxygen atoms in total. The maximum atomic E-state index is 12.8. The van der Waals surface area contributed by atoms with Crippen LogP contribution in [0.5, 0.6) is 5.75 Å². The van der Waals surface area contributed by atoms with Gasteiger partial charge in [0.05, 0.1) is 17.7 Å². The van der Waals surface area contributed by atoms with Crippen LogP contribution in [0.1, 0.15) is 29.3 Å². The Morgan fingerprint density at radius 3 is 2.54 bits per heavy atom. The SMILES string of the molecule is CC(C)Cc1sc(CC(N)=O)nc1-c1ccc(C(F)(F)F)c(O)c1. The van der Waals surface area contributed by atoms with Crippen LogP contribution in [0.4, 0.5) is 13.2 Å². The number of aromatic nitrogens is 1. The molecular formula is C16H17F3N2O2S. The van der Waals surface area contributed by atoms with Crippen LogP contribution in [0.2, 0.25) is 0 Å². The van der Waals surface area contributed by atoms with Crippen molar-refractivity contribution in [3.05, 3.63) is 33.6 Å². The zero-order chi connectivity index (χ0) is 18.1. The maximum absolute atomic E-state index is 12.8. The van der Waals surface area contributed by atoms with Gasteiger partial charge in [0.2, 0.25) is 5.91 Å². The topological polar surface area (TPSA) is 76.2 Å². The van der Waals surface area contributed by atoms with Crippen molar-refractivity contribution in [2.75, 3.05) is 0 Å². The first-order valence-corrected chi connectivity index (χ1v) is 8.07. The zero-order valence-electron chi connectivity index (χ0n) is 13.1. The van der Waals surface area contributed by atoms with Gasteiger partial charge >= 0.3 is 6.18 Å². The molecule has 0 radical (unpaired) electrons. The number of alkyl halides is 3. The predicted octanol–water partition coefficient (Wildman–Crippen LogP) is 3.76. The van der Waals surface area contributed by atoms with Crippen molar-refractivity contribution >= 4 is 17.2 Å². The number of hydrogen-bond acceptors (Lipinski definition) is 4. The number of thiazole rings is 1. The molecular weight excluding hydrogens is 341 g/mol. The molecule has 0 bridgehead atoms. The highest BCUT2D eigenvalue weighted by atomic mass is 32.1. The van der Waals surface area contributed by atoms with Crippen molar-refractivity contribution in [1.29, 1.82) is 0 Å². The van der Waals surface area contributed by atoms with Crippen molar-refractivity contribution in [1.82, 2.24) is 4.98 Å².